The summed E-state index contributed by atoms with van der Waals surface area (Å²) < 4.78 is 29.5. The van der Waals surface area contributed by atoms with Gasteiger partial charge in [-0.15, -0.1) is 0 Å². The smallest absolute Gasteiger partial charge is 0.240 e. The van der Waals surface area contributed by atoms with Crippen LogP contribution in [0.15, 0.2) is 53.4 Å². The molecule has 0 spiro atoms. The van der Waals surface area contributed by atoms with E-state index in [0.29, 0.717) is 5.56 Å². The Morgan fingerprint density at radius 3 is 2.40 bits per heavy atom. The maximum atomic E-state index is 12.4. The Kier molecular flexibility index (Phi) is 4.49. The Balaban J connectivity index is 1.78. The van der Waals surface area contributed by atoms with E-state index in [0.717, 1.165) is 22.2 Å². The topological polar surface area (TPSA) is 68.2 Å². The largest absolute Gasteiger partial charge is 0.348 e. The van der Waals surface area contributed by atoms with Crippen LogP contribution in [0.5, 0.6) is 0 Å². The zero-order valence-corrected chi connectivity index (χ0v) is 15.2. The predicted molar refractivity (Wildman–Crippen MR) is 98.1 cm³/mol. The van der Waals surface area contributed by atoms with Gasteiger partial charge in [0.2, 0.25) is 10.0 Å². The van der Waals surface area contributed by atoms with E-state index in [1.807, 2.05) is 32.2 Å². The first-order valence-corrected chi connectivity index (χ1v) is 9.42. The summed E-state index contributed by atoms with van der Waals surface area (Å²) in [5, 5.41) is 1.09. The molecule has 1 aromatic heterocycles. The summed E-state index contributed by atoms with van der Waals surface area (Å²) in [6, 6.07) is 13.9. The van der Waals surface area contributed by atoms with E-state index in [1.54, 1.807) is 0 Å². The normalized spacial score (nSPS) is 11.8. The van der Waals surface area contributed by atoms with Crippen LogP contribution in [0.4, 0.5) is 0 Å². The molecule has 0 unspecified atom stereocenters. The highest BCUT2D eigenvalue weighted by atomic mass is 32.2. The fourth-order valence-electron chi connectivity index (χ4n) is 2.78. The summed E-state index contributed by atoms with van der Waals surface area (Å²) in [6.45, 7) is 3.69. The monoisotopic (exact) mass is 356 g/mol. The molecular formula is C19H20N2O3S. The van der Waals surface area contributed by atoms with Gasteiger partial charge in [0.1, 0.15) is 0 Å². The van der Waals surface area contributed by atoms with Crippen molar-refractivity contribution in [2.75, 3.05) is 0 Å². The van der Waals surface area contributed by atoms with E-state index < -0.39 is 10.0 Å². The van der Waals surface area contributed by atoms with Crippen molar-refractivity contribution in [3.8, 4) is 0 Å². The van der Waals surface area contributed by atoms with Gasteiger partial charge in [-0.3, -0.25) is 4.79 Å². The molecule has 2 aromatic carbocycles. The van der Waals surface area contributed by atoms with Crippen LogP contribution in [0.2, 0.25) is 0 Å². The molecule has 0 aliphatic rings. The lowest BCUT2D eigenvalue weighted by molar-refractivity contribution is 0.101. The molecular weight excluding hydrogens is 336 g/mol. The molecule has 130 valence electrons. The summed E-state index contributed by atoms with van der Waals surface area (Å²) in [6.07, 6.45) is 0. The minimum Gasteiger partial charge on any atom is -0.348 e. The van der Waals surface area contributed by atoms with Crippen molar-refractivity contribution in [1.29, 1.82) is 0 Å². The number of Topliss-reactive ketones (excluding diaryl/α,β-unsaturated/α-hetero) is 1. The summed E-state index contributed by atoms with van der Waals surface area (Å²) in [5.74, 6) is -0.0941. The maximum absolute atomic E-state index is 12.4. The molecule has 3 rings (SSSR count). The van der Waals surface area contributed by atoms with E-state index in [-0.39, 0.29) is 17.2 Å². The molecule has 0 aliphatic heterocycles. The lowest BCUT2D eigenvalue weighted by Crippen LogP contribution is -2.23. The van der Waals surface area contributed by atoms with Gasteiger partial charge in [0.25, 0.3) is 0 Å². The molecule has 1 heterocycles. The molecule has 0 atom stereocenters. The van der Waals surface area contributed by atoms with Gasteiger partial charge in [0.15, 0.2) is 5.78 Å². The van der Waals surface area contributed by atoms with E-state index in [9.17, 15) is 13.2 Å². The maximum Gasteiger partial charge on any atom is 0.240 e. The second-order valence-electron chi connectivity index (χ2n) is 6.14. The van der Waals surface area contributed by atoms with Crippen LogP contribution in [0.3, 0.4) is 0 Å². The Hall–Kier alpha value is -2.44. The van der Waals surface area contributed by atoms with Crippen LogP contribution in [-0.2, 0) is 23.6 Å². The molecule has 0 aliphatic carbocycles. The van der Waals surface area contributed by atoms with E-state index >= 15 is 0 Å². The van der Waals surface area contributed by atoms with Gasteiger partial charge in [-0.25, -0.2) is 13.1 Å². The molecule has 3 aromatic rings. The molecule has 25 heavy (non-hydrogen) atoms. The summed E-state index contributed by atoms with van der Waals surface area (Å²) in [4.78, 5) is 11.4. The van der Waals surface area contributed by atoms with Crippen LogP contribution in [0.25, 0.3) is 10.9 Å². The molecule has 0 saturated heterocycles. The van der Waals surface area contributed by atoms with Crippen LogP contribution < -0.4 is 4.72 Å². The number of benzene rings is 2. The Bertz CT molecular complexity index is 1050. The minimum atomic E-state index is -3.62. The standard InChI is InChI=1S/C19H20N2O3S/c1-13-10-17-11-15(4-9-19(17)21(13)3)12-20-25(23,24)18-7-5-16(6-8-18)14(2)22/h4-11,20H,12H2,1-3H3. The number of fused-ring (bicyclic) bond motifs is 1. The van der Waals surface area contributed by atoms with Crippen molar-refractivity contribution < 1.29 is 13.2 Å². The van der Waals surface area contributed by atoms with Gasteiger partial charge in [0, 0.05) is 35.8 Å². The first-order valence-electron chi connectivity index (χ1n) is 7.93. The molecule has 0 amide bonds. The van der Waals surface area contributed by atoms with Crippen LogP contribution in [0.1, 0.15) is 28.5 Å². The number of carbonyl (C=O) groups is 1. The lowest BCUT2D eigenvalue weighted by atomic mass is 10.1. The van der Waals surface area contributed by atoms with Gasteiger partial charge in [-0.2, -0.15) is 0 Å². The van der Waals surface area contributed by atoms with Crippen molar-refractivity contribution >= 4 is 26.7 Å². The van der Waals surface area contributed by atoms with Crippen LogP contribution in [-0.4, -0.2) is 18.8 Å². The average molecular weight is 356 g/mol. The molecule has 5 nitrogen and oxygen atoms in total. The van der Waals surface area contributed by atoms with E-state index in [1.165, 1.54) is 31.2 Å². The minimum absolute atomic E-state index is 0.0941. The van der Waals surface area contributed by atoms with Crippen LogP contribution >= 0.6 is 0 Å². The zero-order valence-electron chi connectivity index (χ0n) is 14.4. The number of ketones is 1. The average Bonchev–Trinajstić information content (AvgIpc) is 2.87. The van der Waals surface area contributed by atoms with Crippen molar-refractivity contribution in [1.82, 2.24) is 9.29 Å². The zero-order chi connectivity index (χ0) is 18.2. The SMILES string of the molecule is CC(=O)c1ccc(S(=O)(=O)NCc2ccc3c(c2)cc(C)n3C)cc1. The van der Waals surface area contributed by atoms with Gasteiger partial charge in [-0.1, -0.05) is 18.2 Å². The van der Waals surface area contributed by atoms with Gasteiger partial charge >= 0.3 is 0 Å². The highest BCUT2D eigenvalue weighted by Gasteiger charge is 2.14. The summed E-state index contributed by atoms with van der Waals surface area (Å²) >= 11 is 0. The Morgan fingerprint density at radius 1 is 1.08 bits per heavy atom. The lowest BCUT2D eigenvalue weighted by Gasteiger charge is -2.08. The molecule has 0 bridgehead atoms. The quantitative estimate of drug-likeness (QED) is 0.714. The third-order valence-electron chi connectivity index (χ3n) is 4.38. The van der Waals surface area contributed by atoms with Gasteiger partial charge in [-0.05, 0) is 49.7 Å². The van der Waals surface area contributed by atoms with Gasteiger partial charge < -0.3 is 4.57 Å². The number of hydrogen-bond donors (Lipinski definition) is 1. The number of sulfonamides is 1. The first-order chi connectivity index (χ1) is 11.8. The Morgan fingerprint density at radius 2 is 1.76 bits per heavy atom. The number of aromatic nitrogens is 1. The van der Waals surface area contributed by atoms with E-state index in [2.05, 4.69) is 15.4 Å². The second-order valence-corrected chi connectivity index (χ2v) is 7.91. The van der Waals surface area contributed by atoms with Gasteiger partial charge in [0.05, 0.1) is 4.90 Å². The number of hydrogen-bond acceptors (Lipinski definition) is 3. The van der Waals surface area contributed by atoms with Crippen LogP contribution in [0, 0.1) is 6.92 Å². The first kappa shape index (κ1) is 17.4. The molecule has 0 saturated carbocycles. The third kappa shape index (κ3) is 3.50. The van der Waals surface area contributed by atoms with Crippen molar-refractivity contribution in [2.45, 2.75) is 25.3 Å². The summed E-state index contributed by atoms with van der Waals surface area (Å²) in [7, 11) is -1.62. The fourth-order valence-corrected chi connectivity index (χ4v) is 3.80. The predicted octanol–water partition coefficient (Wildman–Crippen LogP) is 3.17. The van der Waals surface area contributed by atoms with E-state index in [4.69, 9.17) is 0 Å². The second kappa shape index (κ2) is 6.46. The van der Waals surface area contributed by atoms with Crippen molar-refractivity contribution in [2.24, 2.45) is 7.05 Å². The highest BCUT2D eigenvalue weighted by Crippen LogP contribution is 2.20. The number of carbonyl (C=O) groups excluding carboxylic acids is 1. The number of aryl methyl sites for hydroxylation is 2. The van der Waals surface area contributed by atoms with Crippen molar-refractivity contribution in [3.05, 3.63) is 65.4 Å². The molecule has 0 radical (unpaired) electrons. The number of nitrogens with zero attached hydrogens (tertiary/aromatic N) is 1. The highest BCUT2D eigenvalue weighted by molar-refractivity contribution is 7.89. The fraction of sp³-hybridized carbons (Fsp3) is 0.211. The molecule has 0 fully saturated rings. The van der Waals surface area contributed by atoms with Crippen molar-refractivity contribution in [3.63, 3.8) is 0 Å². The number of nitrogens with one attached hydrogen (secondary N) is 1. The number of rotatable bonds is 5. The summed E-state index contributed by atoms with van der Waals surface area (Å²) in [5.41, 5.74) is 3.65. The molecule has 6 heteroatoms. The third-order valence-corrected chi connectivity index (χ3v) is 5.80. The Labute approximate surface area is 147 Å². The molecule has 1 N–H and O–H groups in total.